The second kappa shape index (κ2) is 5.76. The second-order valence-corrected chi connectivity index (χ2v) is 4.62. The summed E-state index contributed by atoms with van der Waals surface area (Å²) in [5.41, 5.74) is 1.06. The van der Waals surface area contributed by atoms with E-state index in [1.807, 2.05) is 0 Å². The van der Waals surface area contributed by atoms with Crippen LogP contribution in [0.15, 0.2) is 35.1 Å². The predicted octanol–water partition coefficient (Wildman–Crippen LogP) is 2.08. The molecule has 0 saturated heterocycles. The van der Waals surface area contributed by atoms with Crippen LogP contribution in [0, 0.1) is 12.7 Å². The molecule has 112 valence electrons. The minimum absolute atomic E-state index is 0.143. The van der Waals surface area contributed by atoms with E-state index >= 15 is 0 Å². The SMILES string of the molecule is Cc1ocnc1C(=O)Nc1n[nH]c(Cc2ccc(F)cc2)n1. The molecule has 22 heavy (non-hydrogen) atoms. The molecule has 0 saturated carbocycles. The van der Waals surface area contributed by atoms with E-state index in [2.05, 4.69) is 25.5 Å². The lowest BCUT2D eigenvalue weighted by molar-refractivity contribution is 0.102. The van der Waals surface area contributed by atoms with E-state index in [1.165, 1.54) is 18.5 Å². The number of nitrogens with zero attached hydrogens (tertiary/aromatic N) is 3. The fraction of sp³-hybridized carbons (Fsp3) is 0.143. The molecule has 7 nitrogen and oxygen atoms in total. The molecule has 2 heterocycles. The smallest absolute Gasteiger partial charge is 0.280 e. The van der Waals surface area contributed by atoms with Crippen molar-refractivity contribution in [2.24, 2.45) is 0 Å². The van der Waals surface area contributed by atoms with E-state index in [4.69, 9.17) is 4.42 Å². The second-order valence-electron chi connectivity index (χ2n) is 4.62. The van der Waals surface area contributed by atoms with Gasteiger partial charge in [0.1, 0.15) is 17.4 Å². The molecule has 0 unspecified atom stereocenters. The Hall–Kier alpha value is -3.03. The van der Waals surface area contributed by atoms with Crippen LogP contribution in [-0.2, 0) is 6.42 Å². The van der Waals surface area contributed by atoms with Gasteiger partial charge in [0.15, 0.2) is 12.1 Å². The van der Waals surface area contributed by atoms with Crippen molar-refractivity contribution >= 4 is 11.9 Å². The Morgan fingerprint density at radius 2 is 2.14 bits per heavy atom. The van der Waals surface area contributed by atoms with Gasteiger partial charge < -0.3 is 4.42 Å². The Morgan fingerprint density at radius 1 is 1.36 bits per heavy atom. The van der Waals surface area contributed by atoms with Crippen LogP contribution in [0.4, 0.5) is 10.3 Å². The number of nitrogens with one attached hydrogen (secondary N) is 2. The van der Waals surface area contributed by atoms with E-state index in [-0.39, 0.29) is 17.5 Å². The molecule has 0 radical (unpaired) electrons. The number of carbonyl (C=O) groups is 1. The first-order valence-corrected chi connectivity index (χ1v) is 6.49. The Labute approximate surface area is 124 Å². The fourth-order valence-corrected chi connectivity index (χ4v) is 1.91. The summed E-state index contributed by atoms with van der Waals surface area (Å²) in [6.07, 6.45) is 1.65. The van der Waals surface area contributed by atoms with Crippen LogP contribution in [0.1, 0.15) is 27.6 Å². The van der Waals surface area contributed by atoms with E-state index < -0.39 is 5.91 Å². The molecule has 0 aliphatic heterocycles. The monoisotopic (exact) mass is 301 g/mol. The van der Waals surface area contributed by atoms with Gasteiger partial charge in [-0.05, 0) is 24.6 Å². The molecule has 2 aromatic heterocycles. The molecule has 0 aliphatic carbocycles. The summed E-state index contributed by atoms with van der Waals surface area (Å²) in [5.74, 6) is 0.374. The summed E-state index contributed by atoms with van der Waals surface area (Å²) in [6, 6.07) is 6.08. The van der Waals surface area contributed by atoms with Crippen molar-refractivity contribution in [3.8, 4) is 0 Å². The Bertz CT molecular complexity index is 794. The van der Waals surface area contributed by atoms with Gasteiger partial charge in [-0.2, -0.15) is 4.98 Å². The lowest BCUT2D eigenvalue weighted by Gasteiger charge is -1.98. The van der Waals surface area contributed by atoms with Crippen LogP contribution < -0.4 is 5.32 Å². The van der Waals surface area contributed by atoms with Gasteiger partial charge in [-0.3, -0.25) is 15.2 Å². The van der Waals surface area contributed by atoms with E-state index in [1.54, 1.807) is 19.1 Å². The van der Waals surface area contributed by atoms with Crippen LogP contribution in [-0.4, -0.2) is 26.1 Å². The molecule has 0 atom stereocenters. The summed E-state index contributed by atoms with van der Waals surface area (Å²) in [7, 11) is 0. The number of halogens is 1. The number of oxazole rings is 1. The lowest BCUT2D eigenvalue weighted by Crippen LogP contribution is -2.14. The van der Waals surface area contributed by atoms with Crippen molar-refractivity contribution in [1.29, 1.82) is 0 Å². The standard InChI is InChI=1S/C14H12FN5O2/c1-8-12(16-7-22-8)13(21)18-14-17-11(19-20-14)6-9-2-4-10(15)5-3-9/h2-5,7H,6H2,1H3,(H2,17,18,19,20,21). The van der Waals surface area contributed by atoms with Gasteiger partial charge in [0.2, 0.25) is 5.95 Å². The first-order valence-electron chi connectivity index (χ1n) is 6.49. The number of aryl methyl sites for hydroxylation is 1. The Morgan fingerprint density at radius 3 is 2.82 bits per heavy atom. The molecule has 3 rings (SSSR count). The van der Waals surface area contributed by atoms with Gasteiger partial charge in [0.25, 0.3) is 5.91 Å². The predicted molar refractivity (Wildman–Crippen MR) is 74.8 cm³/mol. The van der Waals surface area contributed by atoms with Crippen molar-refractivity contribution in [3.05, 3.63) is 59.3 Å². The third-order valence-electron chi connectivity index (χ3n) is 3.00. The number of aromatic nitrogens is 4. The summed E-state index contributed by atoms with van der Waals surface area (Å²) in [6.45, 7) is 1.64. The lowest BCUT2D eigenvalue weighted by atomic mass is 10.1. The fourth-order valence-electron chi connectivity index (χ4n) is 1.91. The molecule has 0 aliphatic rings. The van der Waals surface area contributed by atoms with Crippen molar-refractivity contribution in [2.75, 3.05) is 5.32 Å². The maximum atomic E-state index is 12.8. The molecule has 0 fully saturated rings. The van der Waals surface area contributed by atoms with Crippen molar-refractivity contribution in [3.63, 3.8) is 0 Å². The van der Waals surface area contributed by atoms with Gasteiger partial charge in [-0.1, -0.05) is 12.1 Å². The number of aromatic amines is 1. The number of hydrogen-bond donors (Lipinski definition) is 2. The van der Waals surface area contributed by atoms with E-state index in [0.717, 1.165) is 5.56 Å². The molecule has 1 amide bonds. The summed E-state index contributed by atoms with van der Waals surface area (Å²) in [5, 5.41) is 9.16. The molecule has 0 spiro atoms. The summed E-state index contributed by atoms with van der Waals surface area (Å²) >= 11 is 0. The highest BCUT2D eigenvalue weighted by atomic mass is 19.1. The third kappa shape index (κ3) is 3.00. The minimum Gasteiger partial charge on any atom is -0.448 e. The number of H-pyrrole nitrogens is 1. The summed E-state index contributed by atoms with van der Waals surface area (Å²) < 4.78 is 17.8. The van der Waals surface area contributed by atoms with Crippen LogP contribution in [0.5, 0.6) is 0 Å². The number of hydrogen-bond acceptors (Lipinski definition) is 5. The molecular weight excluding hydrogens is 289 g/mol. The number of carbonyl (C=O) groups excluding carboxylic acids is 1. The maximum Gasteiger partial charge on any atom is 0.280 e. The van der Waals surface area contributed by atoms with Crippen molar-refractivity contribution < 1.29 is 13.6 Å². The van der Waals surface area contributed by atoms with Gasteiger partial charge in [0.05, 0.1) is 0 Å². The number of rotatable bonds is 4. The largest absolute Gasteiger partial charge is 0.448 e. The van der Waals surface area contributed by atoms with E-state index in [9.17, 15) is 9.18 Å². The minimum atomic E-state index is -0.446. The summed E-state index contributed by atoms with van der Waals surface area (Å²) in [4.78, 5) is 19.9. The molecule has 2 N–H and O–H groups in total. The molecule has 1 aromatic carbocycles. The average Bonchev–Trinajstić information content (AvgIpc) is 3.10. The van der Waals surface area contributed by atoms with Crippen molar-refractivity contribution in [1.82, 2.24) is 20.2 Å². The Kier molecular flexibility index (Phi) is 3.65. The normalized spacial score (nSPS) is 10.6. The Balaban J connectivity index is 1.67. The zero-order valence-corrected chi connectivity index (χ0v) is 11.6. The number of anilines is 1. The van der Waals surface area contributed by atoms with E-state index in [0.29, 0.717) is 18.0 Å². The van der Waals surface area contributed by atoms with Gasteiger partial charge in [0, 0.05) is 6.42 Å². The first kappa shape index (κ1) is 13.9. The maximum absolute atomic E-state index is 12.8. The molecular formula is C14H12FN5O2. The third-order valence-corrected chi connectivity index (χ3v) is 3.00. The van der Waals surface area contributed by atoms with Crippen LogP contribution in [0.25, 0.3) is 0 Å². The molecule has 8 heteroatoms. The van der Waals surface area contributed by atoms with Crippen LogP contribution in [0.2, 0.25) is 0 Å². The van der Waals surface area contributed by atoms with Gasteiger partial charge >= 0.3 is 0 Å². The highest BCUT2D eigenvalue weighted by Crippen LogP contribution is 2.10. The molecule has 0 bridgehead atoms. The van der Waals surface area contributed by atoms with Crippen molar-refractivity contribution in [2.45, 2.75) is 13.3 Å². The molecule has 3 aromatic rings. The van der Waals surface area contributed by atoms with Crippen LogP contribution in [0.3, 0.4) is 0 Å². The average molecular weight is 301 g/mol. The quantitative estimate of drug-likeness (QED) is 0.769. The highest BCUT2D eigenvalue weighted by Gasteiger charge is 2.15. The van der Waals surface area contributed by atoms with Gasteiger partial charge in [-0.15, -0.1) is 5.10 Å². The van der Waals surface area contributed by atoms with Crippen LogP contribution >= 0.6 is 0 Å². The zero-order chi connectivity index (χ0) is 15.5. The first-order chi connectivity index (χ1) is 10.6. The van der Waals surface area contributed by atoms with Gasteiger partial charge in [-0.25, -0.2) is 9.37 Å². The number of benzene rings is 1. The topological polar surface area (TPSA) is 96.7 Å². The highest BCUT2D eigenvalue weighted by molar-refractivity contribution is 6.02. The zero-order valence-electron chi connectivity index (χ0n) is 11.6. The number of amides is 1.